The molecule has 60 valence electrons. The summed E-state index contributed by atoms with van der Waals surface area (Å²) in [6, 6.07) is 0. The van der Waals surface area contributed by atoms with Gasteiger partial charge in [-0.25, -0.2) is 0 Å². The highest BCUT2D eigenvalue weighted by Crippen LogP contribution is 2.22. The Morgan fingerprint density at radius 2 is 1.10 bits per heavy atom. The molecule has 0 radical (unpaired) electrons. The van der Waals surface area contributed by atoms with E-state index in [4.69, 9.17) is 0 Å². The first-order valence-corrected chi connectivity index (χ1v) is 3.96. The summed E-state index contributed by atoms with van der Waals surface area (Å²) in [6.07, 6.45) is 0. The number of hydrogen-bond acceptors (Lipinski definition) is 2. The van der Waals surface area contributed by atoms with E-state index in [1.165, 1.54) is 0 Å². The molecule has 0 aromatic rings. The van der Waals surface area contributed by atoms with Gasteiger partial charge in [0.2, 0.25) is 0 Å². The van der Waals surface area contributed by atoms with E-state index in [2.05, 4.69) is 38.3 Å². The molecule has 1 aliphatic heterocycles. The molecule has 2 N–H and O–H groups in total. The second kappa shape index (κ2) is 2.21. The molecule has 10 heavy (non-hydrogen) atoms. The van der Waals surface area contributed by atoms with Crippen LogP contribution < -0.4 is 10.6 Å². The van der Waals surface area contributed by atoms with Crippen LogP contribution in [0.25, 0.3) is 0 Å². The van der Waals surface area contributed by atoms with Crippen LogP contribution in [0.15, 0.2) is 0 Å². The van der Waals surface area contributed by atoms with Gasteiger partial charge >= 0.3 is 0 Å². The zero-order chi connectivity index (χ0) is 7.83. The van der Waals surface area contributed by atoms with Crippen molar-refractivity contribution in [3.8, 4) is 0 Å². The lowest BCUT2D eigenvalue weighted by atomic mass is 9.81. The van der Waals surface area contributed by atoms with Crippen LogP contribution in [-0.2, 0) is 0 Å². The Bertz CT molecular complexity index is 111. The van der Waals surface area contributed by atoms with Gasteiger partial charge in [0.1, 0.15) is 0 Å². The average Bonchev–Trinajstić information content (AvgIpc) is 1.77. The monoisotopic (exact) mass is 142 g/mol. The zero-order valence-electron chi connectivity index (χ0n) is 7.41. The highest BCUT2D eigenvalue weighted by atomic mass is 15.1. The normalized spacial score (nSPS) is 30.0. The standard InChI is InChI=1S/C8H18N2/c1-7(2)8(3,4)10-6-5-9-7/h9-10H,5-6H2,1-4H3. The van der Waals surface area contributed by atoms with Gasteiger partial charge in [-0.1, -0.05) is 0 Å². The lowest BCUT2D eigenvalue weighted by molar-refractivity contribution is 0.159. The van der Waals surface area contributed by atoms with Crippen molar-refractivity contribution in [2.24, 2.45) is 0 Å². The van der Waals surface area contributed by atoms with E-state index < -0.39 is 0 Å². The van der Waals surface area contributed by atoms with E-state index in [-0.39, 0.29) is 11.1 Å². The summed E-state index contributed by atoms with van der Waals surface area (Å²) < 4.78 is 0. The van der Waals surface area contributed by atoms with Crippen molar-refractivity contribution in [3.63, 3.8) is 0 Å². The Morgan fingerprint density at radius 1 is 0.800 bits per heavy atom. The van der Waals surface area contributed by atoms with Crippen molar-refractivity contribution in [2.45, 2.75) is 38.8 Å². The molecule has 2 nitrogen and oxygen atoms in total. The Hall–Kier alpha value is -0.0800. The van der Waals surface area contributed by atoms with Gasteiger partial charge in [-0.05, 0) is 27.7 Å². The Morgan fingerprint density at radius 3 is 1.30 bits per heavy atom. The molecule has 1 fully saturated rings. The van der Waals surface area contributed by atoms with Crippen molar-refractivity contribution >= 4 is 0 Å². The van der Waals surface area contributed by atoms with E-state index >= 15 is 0 Å². The molecular weight excluding hydrogens is 124 g/mol. The largest absolute Gasteiger partial charge is 0.309 e. The molecule has 1 saturated heterocycles. The maximum Gasteiger partial charge on any atom is 0.0302 e. The van der Waals surface area contributed by atoms with Crippen LogP contribution in [0.3, 0.4) is 0 Å². The van der Waals surface area contributed by atoms with Gasteiger partial charge in [-0.15, -0.1) is 0 Å². The first kappa shape index (κ1) is 8.02. The van der Waals surface area contributed by atoms with Crippen molar-refractivity contribution in [1.29, 1.82) is 0 Å². The molecule has 0 aliphatic carbocycles. The highest BCUT2D eigenvalue weighted by Gasteiger charge is 2.38. The second-order valence-corrected chi connectivity index (χ2v) is 4.10. The molecule has 1 rings (SSSR count). The van der Waals surface area contributed by atoms with Crippen LogP contribution in [-0.4, -0.2) is 24.2 Å². The minimum absolute atomic E-state index is 0.214. The molecule has 0 aromatic carbocycles. The fraction of sp³-hybridized carbons (Fsp3) is 1.00. The molecule has 2 heteroatoms. The van der Waals surface area contributed by atoms with Gasteiger partial charge in [0.25, 0.3) is 0 Å². The minimum atomic E-state index is 0.214. The van der Waals surface area contributed by atoms with Crippen LogP contribution in [0, 0.1) is 0 Å². The molecule has 0 aromatic heterocycles. The van der Waals surface area contributed by atoms with E-state index in [0.717, 1.165) is 13.1 Å². The van der Waals surface area contributed by atoms with Crippen molar-refractivity contribution in [3.05, 3.63) is 0 Å². The Kier molecular flexibility index (Phi) is 1.77. The predicted octanol–water partition coefficient (Wildman–Crippen LogP) is 0.736. The number of hydrogen-bond donors (Lipinski definition) is 2. The van der Waals surface area contributed by atoms with E-state index in [9.17, 15) is 0 Å². The quantitative estimate of drug-likeness (QED) is 0.521. The average molecular weight is 142 g/mol. The summed E-state index contributed by atoms with van der Waals surface area (Å²) in [4.78, 5) is 0. The fourth-order valence-corrected chi connectivity index (χ4v) is 1.19. The summed E-state index contributed by atoms with van der Waals surface area (Å²) in [5.41, 5.74) is 0.427. The lowest BCUT2D eigenvalue weighted by Gasteiger charge is -2.47. The lowest BCUT2D eigenvalue weighted by Crippen LogP contribution is -2.68. The molecule has 0 amide bonds. The van der Waals surface area contributed by atoms with Gasteiger partial charge < -0.3 is 10.6 Å². The van der Waals surface area contributed by atoms with Crippen molar-refractivity contribution in [2.75, 3.05) is 13.1 Å². The van der Waals surface area contributed by atoms with Crippen LogP contribution in [0.5, 0.6) is 0 Å². The molecule has 0 atom stereocenters. The number of rotatable bonds is 0. The third-order valence-electron chi connectivity index (χ3n) is 2.82. The third-order valence-corrected chi connectivity index (χ3v) is 2.82. The van der Waals surface area contributed by atoms with Gasteiger partial charge in [0.05, 0.1) is 0 Å². The molecule has 0 saturated carbocycles. The summed E-state index contributed by atoms with van der Waals surface area (Å²) >= 11 is 0. The first-order chi connectivity index (χ1) is 4.46. The second-order valence-electron chi connectivity index (χ2n) is 4.10. The maximum absolute atomic E-state index is 3.49. The fourth-order valence-electron chi connectivity index (χ4n) is 1.19. The Balaban J connectivity index is 2.70. The van der Waals surface area contributed by atoms with Gasteiger partial charge in [0, 0.05) is 24.2 Å². The van der Waals surface area contributed by atoms with E-state index in [1.54, 1.807) is 0 Å². The van der Waals surface area contributed by atoms with Crippen LogP contribution in [0.1, 0.15) is 27.7 Å². The Labute approximate surface area is 63.4 Å². The molecule has 0 bridgehead atoms. The summed E-state index contributed by atoms with van der Waals surface area (Å²) in [7, 11) is 0. The summed E-state index contributed by atoms with van der Waals surface area (Å²) in [5, 5.41) is 6.97. The topological polar surface area (TPSA) is 24.1 Å². The number of piperazine rings is 1. The molecule has 0 spiro atoms. The van der Waals surface area contributed by atoms with E-state index in [0.29, 0.717) is 0 Å². The minimum Gasteiger partial charge on any atom is -0.309 e. The zero-order valence-corrected chi connectivity index (χ0v) is 7.41. The third kappa shape index (κ3) is 1.18. The van der Waals surface area contributed by atoms with Crippen LogP contribution in [0.2, 0.25) is 0 Å². The maximum atomic E-state index is 3.49. The van der Waals surface area contributed by atoms with E-state index in [1.807, 2.05) is 0 Å². The smallest absolute Gasteiger partial charge is 0.0302 e. The van der Waals surface area contributed by atoms with Crippen molar-refractivity contribution < 1.29 is 0 Å². The number of nitrogens with one attached hydrogen (secondary N) is 2. The van der Waals surface area contributed by atoms with Crippen LogP contribution >= 0.6 is 0 Å². The SMILES string of the molecule is CC1(C)NCCNC1(C)C. The summed E-state index contributed by atoms with van der Waals surface area (Å²) in [5.74, 6) is 0. The van der Waals surface area contributed by atoms with Crippen molar-refractivity contribution in [1.82, 2.24) is 10.6 Å². The molecular formula is C8H18N2. The molecule has 1 heterocycles. The first-order valence-electron chi connectivity index (χ1n) is 3.96. The van der Waals surface area contributed by atoms with Crippen LogP contribution in [0.4, 0.5) is 0 Å². The predicted molar refractivity (Wildman–Crippen MR) is 44.2 cm³/mol. The highest BCUT2D eigenvalue weighted by molar-refractivity contribution is 5.02. The molecule has 1 aliphatic rings. The summed E-state index contributed by atoms with van der Waals surface area (Å²) in [6.45, 7) is 11.1. The van der Waals surface area contributed by atoms with Gasteiger partial charge in [-0.2, -0.15) is 0 Å². The van der Waals surface area contributed by atoms with Gasteiger partial charge in [-0.3, -0.25) is 0 Å². The van der Waals surface area contributed by atoms with Gasteiger partial charge in [0.15, 0.2) is 0 Å². The molecule has 0 unspecified atom stereocenters.